The van der Waals surface area contributed by atoms with Gasteiger partial charge in [-0.3, -0.25) is 9.59 Å². The molecule has 2 N–H and O–H groups in total. The number of amides is 2. The van der Waals surface area contributed by atoms with Gasteiger partial charge in [-0.15, -0.1) is 0 Å². The van der Waals surface area contributed by atoms with Crippen molar-refractivity contribution in [2.45, 2.75) is 33.1 Å². The SMILES string of the molecule is COc1cc2nc(C)nc(OC3=CC=C(NC(=O)C4(C(=O)Nc5ccc(F)cc5)CC4)CC3C)c2cc1OC. The lowest BCUT2D eigenvalue weighted by atomic mass is 9.97. The van der Waals surface area contributed by atoms with Crippen molar-refractivity contribution in [2.75, 3.05) is 19.5 Å². The molecule has 5 rings (SSSR count). The van der Waals surface area contributed by atoms with E-state index in [9.17, 15) is 14.0 Å². The summed E-state index contributed by atoms with van der Waals surface area (Å²) in [5.74, 6) is 1.50. The molecule has 0 spiro atoms. The lowest BCUT2D eigenvalue weighted by molar-refractivity contribution is -0.133. The number of nitrogens with one attached hydrogen (secondary N) is 2. The van der Waals surface area contributed by atoms with Crippen LogP contribution in [0.1, 0.15) is 32.0 Å². The van der Waals surface area contributed by atoms with Crippen molar-refractivity contribution in [3.63, 3.8) is 0 Å². The van der Waals surface area contributed by atoms with E-state index in [1.807, 2.05) is 6.92 Å². The van der Waals surface area contributed by atoms with Crippen LogP contribution >= 0.6 is 0 Å². The highest BCUT2D eigenvalue weighted by molar-refractivity contribution is 6.13. The van der Waals surface area contributed by atoms with Gasteiger partial charge in [0.05, 0.1) is 25.1 Å². The van der Waals surface area contributed by atoms with Gasteiger partial charge >= 0.3 is 0 Å². The van der Waals surface area contributed by atoms with Crippen molar-refractivity contribution >= 4 is 28.4 Å². The Bertz CT molecular complexity index is 1510. The molecule has 10 heteroatoms. The molecule has 202 valence electrons. The van der Waals surface area contributed by atoms with E-state index in [2.05, 4.69) is 20.6 Å². The van der Waals surface area contributed by atoms with Crippen molar-refractivity contribution in [1.29, 1.82) is 0 Å². The highest BCUT2D eigenvalue weighted by atomic mass is 19.1. The van der Waals surface area contributed by atoms with E-state index in [-0.39, 0.29) is 11.8 Å². The molecule has 2 aromatic carbocycles. The average Bonchev–Trinajstić information content (AvgIpc) is 3.73. The summed E-state index contributed by atoms with van der Waals surface area (Å²) in [5, 5.41) is 6.32. The molecule has 0 radical (unpaired) electrons. The normalized spacial score (nSPS) is 17.5. The third kappa shape index (κ3) is 5.27. The predicted octanol–water partition coefficient (Wildman–Crippen LogP) is 4.82. The fourth-order valence-electron chi connectivity index (χ4n) is 4.53. The van der Waals surface area contributed by atoms with Crippen molar-refractivity contribution in [2.24, 2.45) is 11.3 Å². The summed E-state index contributed by atoms with van der Waals surface area (Å²) >= 11 is 0. The van der Waals surface area contributed by atoms with Crippen LogP contribution in [-0.2, 0) is 9.59 Å². The van der Waals surface area contributed by atoms with E-state index in [1.54, 1.807) is 45.4 Å². The first-order valence-corrected chi connectivity index (χ1v) is 12.6. The maximum absolute atomic E-state index is 13.2. The Labute approximate surface area is 225 Å². The molecular weight excluding hydrogens is 503 g/mol. The van der Waals surface area contributed by atoms with Gasteiger partial charge in [-0.05, 0) is 68.7 Å². The number of halogens is 1. The Morgan fingerprint density at radius 3 is 2.28 bits per heavy atom. The summed E-state index contributed by atoms with van der Waals surface area (Å²) < 4.78 is 30.2. The minimum atomic E-state index is -1.13. The van der Waals surface area contributed by atoms with E-state index in [1.165, 1.54) is 24.3 Å². The van der Waals surface area contributed by atoms with Gasteiger partial charge in [0, 0.05) is 23.4 Å². The molecular formula is C29H29FN4O5. The van der Waals surface area contributed by atoms with Gasteiger partial charge in [0.25, 0.3) is 0 Å². The highest BCUT2D eigenvalue weighted by Gasteiger charge is 2.56. The fourth-order valence-corrected chi connectivity index (χ4v) is 4.53. The molecule has 1 aromatic heterocycles. The number of aromatic nitrogens is 2. The lowest BCUT2D eigenvalue weighted by Crippen LogP contribution is -2.40. The van der Waals surface area contributed by atoms with Crippen LogP contribution < -0.4 is 24.8 Å². The lowest BCUT2D eigenvalue weighted by Gasteiger charge is -2.24. The van der Waals surface area contributed by atoms with Crippen molar-refractivity contribution < 1.29 is 28.2 Å². The molecule has 1 saturated carbocycles. The molecule has 1 heterocycles. The average molecular weight is 533 g/mol. The first-order chi connectivity index (χ1) is 18.7. The van der Waals surface area contributed by atoms with Gasteiger partial charge in [-0.25, -0.2) is 9.37 Å². The fraction of sp³-hybridized carbons (Fsp3) is 0.310. The number of anilines is 1. The Balaban J connectivity index is 1.31. The molecule has 9 nitrogen and oxygen atoms in total. The van der Waals surface area contributed by atoms with Crippen LogP contribution in [0.25, 0.3) is 10.9 Å². The summed E-state index contributed by atoms with van der Waals surface area (Å²) in [6.07, 6.45) is 4.99. The number of benzene rings is 2. The zero-order valence-electron chi connectivity index (χ0n) is 22.1. The molecule has 3 aromatic rings. The third-order valence-corrected chi connectivity index (χ3v) is 6.95. The van der Waals surface area contributed by atoms with E-state index >= 15 is 0 Å². The number of carbonyl (C=O) groups excluding carboxylic acids is 2. The number of rotatable bonds is 8. The number of aryl methyl sites for hydroxylation is 1. The monoisotopic (exact) mass is 532 g/mol. The minimum absolute atomic E-state index is 0.0704. The Kier molecular flexibility index (Phi) is 6.94. The van der Waals surface area contributed by atoms with Gasteiger partial charge < -0.3 is 24.8 Å². The van der Waals surface area contributed by atoms with E-state index in [4.69, 9.17) is 14.2 Å². The quantitative estimate of drug-likeness (QED) is 0.400. The molecule has 2 aliphatic carbocycles. The first-order valence-electron chi connectivity index (χ1n) is 12.6. The van der Waals surface area contributed by atoms with Crippen LogP contribution in [0.15, 0.2) is 60.0 Å². The maximum atomic E-state index is 13.2. The third-order valence-electron chi connectivity index (χ3n) is 6.95. The second kappa shape index (κ2) is 10.4. The van der Waals surface area contributed by atoms with Crippen LogP contribution in [0, 0.1) is 24.1 Å². The maximum Gasteiger partial charge on any atom is 0.240 e. The summed E-state index contributed by atoms with van der Waals surface area (Å²) in [7, 11) is 3.12. The molecule has 2 amide bonds. The summed E-state index contributed by atoms with van der Waals surface area (Å²) in [4.78, 5) is 34.9. The standard InChI is InChI=1S/C29H29FN4O5/c1-16-13-20(34-28(36)29(11-12-29)27(35)33-19-7-5-18(30)6-8-19)9-10-23(16)39-26-21-14-24(37-3)25(38-4)15-22(21)31-17(2)32-26/h5-10,14-16H,11-13H2,1-4H3,(H,33,35)(H,34,36). The second-order valence-corrected chi connectivity index (χ2v) is 9.77. The second-order valence-electron chi connectivity index (χ2n) is 9.77. The number of hydrogen-bond acceptors (Lipinski definition) is 7. The number of carbonyl (C=O) groups is 2. The van der Waals surface area contributed by atoms with Gasteiger partial charge in [-0.2, -0.15) is 4.98 Å². The van der Waals surface area contributed by atoms with Crippen molar-refractivity contribution in [3.8, 4) is 17.4 Å². The topological polar surface area (TPSA) is 112 Å². The zero-order chi connectivity index (χ0) is 27.7. The number of nitrogens with zero attached hydrogens (tertiary/aromatic N) is 2. The number of fused-ring (bicyclic) bond motifs is 1. The van der Waals surface area contributed by atoms with Crippen LogP contribution in [0.5, 0.6) is 17.4 Å². The predicted molar refractivity (Wildman–Crippen MR) is 143 cm³/mol. The van der Waals surface area contributed by atoms with E-state index < -0.39 is 17.1 Å². The number of ether oxygens (including phenoxy) is 3. The number of hydrogen-bond donors (Lipinski definition) is 2. The molecule has 1 atom stereocenters. The van der Waals surface area contributed by atoms with Crippen molar-refractivity contribution in [1.82, 2.24) is 15.3 Å². The molecule has 1 fully saturated rings. The smallest absolute Gasteiger partial charge is 0.240 e. The minimum Gasteiger partial charge on any atom is -0.493 e. The summed E-state index contributed by atoms with van der Waals surface area (Å²) in [5.41, 5.74) is 0.669. The molecule has 0 bridgehead atoms. The van der Waals surface area contributed by atoms with Gasteiger partial charge in [0.2, 0.25) is 17.7 Å². The van der Waals surface area contributed by atoms with E-state index in [0.29, 0.717) is 70.5 Å². The summed E-state index contributed by atoms with van der Waals surface area (Å²) in [6, 6.07) is 9.01. The number of methoxy groups -OCH3 is 2. The zero-order valence-corrected chi connectivity index (χ0v) is 22.1. The Morgan fingerprint density at radius 2 is 1.64 bits per heavy atom. The van der Waals surface area contributed by atoms with Crippen LogP contribution in [0.4, 0.5) is 10.1 Å². The molecule has 0 saturated heterocycles. The van der Waals surface area contributed by atoms with Crippen LogP contribution in [0.3, 0.4) is 0 Å². The Morgan fingerprint density at radius 1 is 0.974 bits per heavy atom. The van der Waals surface area contributed by atoms with Gasteiger partial charge in [0.1, 0.15) is 22.8 Å². The highest BCUT2D eigenvalue weighted by Crippen LogP contribution is 2.47. The van der Waals surface area contributed by atoms with Gasteiger partial charge in [-0.1, -0.05) is 6.92 Å². The van der Waals surface area contributed by atoms with Crippen LogP contribution in [0.2, 0.25) is 0 Å². The van der Waals surface area contributed by atoms with E-state index in [0.717, 1.165) is 0 Å². The first kappa shape index (κ1) is 26.1. The molecule has 0 aliphatic heterocycles. The van der Waals surface area contributed by atoms with Gasteiger partial charge in [0.15, 0.2) is 11.5 Å². The Hall–Kier alpha value is -4.47. The number of allylic oxidation sites excluding steroid dienone is 4. The van der Waals surface area contributed by atoms with Crippen LogP contribution in [-0.4, -0.2) is 36.0 Å². The molecule has 2 aliphatic rings. The molecule has 39 heavy (non-hydrogen) atoms. The molecule has 1 unspecified atom stereocenters. The summed E-state index contributed by atoms with van der Waals surface area (Å²) in [6.45, 7) is 3.77. The van der Waals surface area contributed by atoms with Crippen molar-refractivity contribution in [3.05, 3.63) is 71.6 Å². The largest absolute Gasteiger partial charge is 0.493 e.